The normalized spacial score (nSPS) is 11.7. The Morgan fingerprint density at radius 1 is 1.30 bits per heavy atom. The van der Waals surface area contributed by atoms with Crippen LogP contribution in [0.25, 0.3) is 0 Å². The van der Waals surface area contributed by atoms with Crippen molar-refractivity contribution in [2.75, 3.05) is 0 Å². The first kappa shape index (κ1) is 14.6. The van der Waals surface area contributed by atoms with Gasteiger partial charge in [-0.25, -0.2) is 4.98 Å². The molecule has 0 fully saturated rings. The summed E-state index contributed by atoms with van der Waals surface area (Å²) in [4.78, 5) is 4.57. The molecule has 2 rings (SSSR count). The van der Waals surface area contributed by atoms with Gasteiger partial charge in [-0.1, -0.05) is 28.1 Å². The van der Waals surface area contributed by atoms with Crippen molar-refractivity contribution >= 4 is 28.1 Å². The molecule has 1 aromatic carbocycles. The van der Waals surface area contributed by atoms with Gasteiger partial charge in [0.05, 0.1) is 17.2 Å². The van der Waals surface area contributed by atoms with E-state index >= 15 is 0 Å². The van der Waals surface area contributed by atoms with Gasteiger partial charge >= 0.3 is 0 Å². The largest absolute Gasteiger partial charge is 0.491 e. The van der Waals surface area contributed by atoms with E-state index in [-0.39, 0.29) is 11.3 Å². The number of rotatable bonds is 5. The van der Waals surface area contributed by atoms with Crippen LogP contribution in [0.5, 0.6) is 16.7 Å². The summed E-state index contributed by atoms with van der Waals surface area (Å²) in [5.74, 6) is 1.42. The van der Waals surface area contributed by atoms with E-state index in [1.54, 1.807) is 12.1 Å². The summed E-state index contributed by atoms with van der Waals surface area (Å²) < 4.78 is 11.1. The van der Waals surface area contributed by atoms with Crippen LogP contribution in [0.1, 0.15) is 18.7 Å². The van der Waals surface area contributed by atoms with Crippen LogP contribution in [0.15, 0.2) is 35.6 Å². The van der Waals surface area contributed by atoms with E-state index in [9.17, 15) is 0 Å². The number of nitrogens with zero attached hydrogens (tertiary/aromatic N) is 2. The summed E-state index contributed by atoms with van der Waals surface area (Å²) in [6.07, 6.45) is 1.61. The van der Waals surface area contributed by atoms with Gasteiger partial charge in [0, 0.05) is 0 Å². The molecule has 0 atom stereocenters. The molecule has 7 heteroatoms. The summed E-state index contributed by atoms with van der Waals surface area (Å²) in [7, 11) is 0. The van der Waals surface area contributed by atoms with E-state index in [0.29, 0.717) is 15.8 Å². The molecule has 0 bridgehead atoms. The van der Waals surface area contributed by atoms with Crippen LogP contribution < -0.4 is 9.47 Å². The topological polar surface area (TPSA) is 63.9 Å². The zero-order valence-electron chi connectivity index (χ0n) is 10.9. The highest BCUT2D eigenvalue weighted by atomic mass is 35.5. The van der Waals surface area contributed by atoms with Crippen molar-refractivity contribution in [3.05, 3.63) is 35.3 Å². The molecule has 20 heavy (non-hydrogen) atoms. The van der Waals surface area contributed by atoms with Crippen molar-refractivity contribution in [1.82, 2.24) is 4.98 Å². The first-order valence-corrected chi connectivity index (χ1v) is 7.06. The Balaban J connectivity index is 2.04. The molecule has 1 N–H and O–H groups in total. The summed E-state index contributed by atoms with van der Waals surface area (Å²) in [5.41, 5.74) is 0. The second-order valence-electron chi connectivity index (χ2n) is 4.12. The van der Waals surface area contributed by atoms with Gasteiger partial charge in [-0.05, 0) is 38.1 Å². The lowest BCUT2D eigenvalue weighted by molar-refractivity contribution is 0.242. The van der Waals surface area contributed by atoms with E-state index in [1.807, 2.05) is 26.0 Å². The molecule has 1 heterocycles. The highest BCUT2D eigenvalue weighted by Crippen LogP contribution is 2.28. The van der Waals surface area contributed by atoms with E-state index in [2.05, 4.69) is 10.1 Å². The predicted molar refractivity (Wildman–Crippen MR) is 78.6 cm³/mol. The number of benzene rings is 1. The monoisotopic (exact) mass is 312 g/mol. The fraction of sp³-hybridized carbons (Fsp3) is 0.231. The number of hydrogen-bond acceptors (Lipinski definition) is 6. The maximum absolute atomic E-state index is 8.57. The molecule has 0 radical (unpaired) electrons. The Hall–Kier alpha value is -1.79. The van der Waals surface area contributed by atoms with Crippen LogP contribution in [-0.4, -0.2) is 21.5 Å². The SMILES string of the molecule is CC(C)Oc1ccc(Oc2ncc(C(Cl)=NO)s2)cc1. The van der Waals surface area contributed by atoms with Crippen LogP contribution >= 0.6 is 22.9 Å². The number of ether oxygens (including phenoxy) is 2. The average molecular weight is 313 g/mol. The maximum Gasteiger partial charge on any atom is 0.279 e. The lowest BCUT2D eigenvalue weighted by Gasteiger charge is -2.09. The average Bonchev–Trinajstić information content (AvgIpc) is 2.88. The summed E-state index contributed by atoms with van der Waals surface area (Å²) in [6, 6.07) is 7.24. The van der Waals surface area contributed by atoms with Crippen molar-refractivity contribution in [1.29, 1.82) is 0 Å². The molecule has 1 aromatic heterocycles. The molecule has 0 unspecified atom stereocenters. The highest BCUT2D eigenvalue weighted by molar-refractivity contribution is 7.17. The van der Waals surface area contributed by atoms with Gasteiger partial charge in [0.15, 0.2) is 5.17 Å². The Bertz CT molecular complexity index is 596. The number of thiazole rings is 1. The zero-order chi connectivity index (χ0) is 14.5. The molecule has 2 aromatic rings. The predicted octanol–water partition coefficient (Wildman–Crippen LogP) is 4.10. The molecule has 0 saturated carbocycles. The van der Waals surface area contributed by atoms with Gasteiger partial charge in [-0.15, -0.1) is 0 Å². The quantitative estimate of drug-likeness (QED) is 0.513. The lowest BCUT2D eigenvalue weighted by atomic mass is 10.3. The molecule has 0 aliphatic carbocycles. The van der Waals surface area contributed by atoms with E-state index in [1.165, 1.54) is 17.5 Å². The van der Waals surface area contributed by atoms with Gasteiger partial charge in [0.2, 0.25) is 0 Å². The van der Waals surface area contributed by atoms with Crippen LogP contribution in [-0.2, 0) is 0 Å². The summed E-state index contributed by atoms with van der Waals surface area (Å²) >= 11 is 6.86. The summed E-state index contributed by atoms with van der Waals surface area (Å²) in [5, 5.41) is 11.9. The molecule has 0 amide bonds. The smallest absolute Gasteiger partial charge is 0.279 e. The first-order chi connectivity index (χ1) is 9.58. The molecule has 0 aliphatic rings. The molecule has 5 nitrogen and oxygen atoms in total. The Morgan fingerprint density at radius 2 is 1.95 bits per heavy atom. The molecule has 0 saturated heterocycles. The van der Waals surface area contributed by atoms with E-state index < -0.39 is 0 Å². The molecule has 0 aliphatic heterocycles. The van der Waals surface area contributed by atoms with Gasteiger partial charge in [0.25, 0.3) is 5.19 Å². The van der Waals surface area contributed by atoms with Gasteiger partial charge < -0.3 is 14.7 Å². The second-order valence-corrected chi connectivity index (χ2v) is 5.47. The van der Waals surface area contributed by atoms with E-state index in [0.717, 1.165) is 5.75 Å². The molecule has 106 valence electrons. The van der Waals surface area contributed by atoms with Crippen LogP contribution in [0.4, 0.5) is 0 Å². The lowest BCUT2D eigenvalue weighted by Crippen LogP contribution is -2.05. The number of oxime groups is 1. The number of hydrogen-bond donors (Lipinski definition) is 1. The molecular formula is C13H13ClN2O3S. The van der Waals surface area contributed by atoms with Crippen LogP contribution in [0.3, 0.4) is 0 Å². The van der Waals surface area contributed by atoms with Crippen molar-refractivity contribution in [3.8, 4) is 16.7 Å². The van der Waals surface area contributed by atoms with Crippen molar-refractivity contribution in [2.24, 2.45) is 5.16 Å². The third kappa shape index (κ3) is 3.85. The fourth-order valence-electron chi connectivity index (χ4n) is 1.41. The van der Waals surface area contributed by atoms with Crippen molar-refractivity contribution in [3.63, 3.8) is 0 Å². The number of halogens is 1. The third-order valence-electron chi connectivity index (χ3n) is 2.18. The Morgan fingerprint density at radius 3 is 2.55 bits per heavy atom. The standard InChI is InChI=1S/C13H13ClN2O3S/c1-8(2)18-9-3-5-10(6-4-9)19-13-15-7-11(20-13)12(14)16-17/h3-8,17H,1-2H3. The van der Waals surface area contributed by atoms with Crippen molar-refractivity contribution in [2.45, 2.75) is 20.0 Å². The second kappa shape index (κ2) is 6.58. The highest BCUT2D eigenvalue weighted by Gasteiger charge is 2.09. The van der Waals surface area contributed by atoms with Crippen LogP contribution in [0, 0.1) is 0 Å². The Kier molecular flexibility index (Phi) is 4.81. The van der Waals surface area contributed by atoms with Gasteiger partial charge in [-0.2, -0.15) is 0 Å². The molecule has 0 spiro atoms. The minimum absolute atomic E-state index is 0.0157. The van der Waals surface area contributed by atoms with Gasteiger partial charge in [-0.3, -0.25) is 0 Å². The first-order valence-electron chi connectivity index (χ1n) is 5.87. The Labute approximate surface area is 125 Å². The summed E-state index contributed by atoms with van der Waals surface area (Å²) in [6.45, 7) is 3.93. The maximum atomic E-state index is 8.57. The van der Waals surface area contributed by atoms with Crippen molar-refractivity contribution < 1.29 is 14.7 Å². The minimum Gasteiger partial charge on any atom is -0.491 e. The zero-order valence-corrected chi connectivity index (χ0v) is 12.5. The fourth-order valence-corrected chi connectivity index (χ4v) is 2.24. The van der Waals surface area contributed by atoms with Crippen LogP contribution in [0.2, 0.25) is 0 Å². The minimum atomic E-state index is -0.0157. The molecular weight excluding hydrogens is 300 g/mol. The third-order valence-corrected chi connectivity index (χ3v) is 3.45. The van der Waals surface area contributed by atoms with E-state index in [4.69, 9.17) is 26.3 Å². The van der Waals surface area contributed by atoms with Gasteiger partial charge in [0.1, 0.15) is 11.5 Å². The number of aromatic nitrogens is 1.